The van der Waals surface area contributed by atoms with E-state index < -0.39 is 6.04 Å². The number of nitrogens with zero attached hydrogens (tertiary/aromatic N) is 2. The topological polar surface area (TPSA) is 73.5 Å². The van der Waals surface area contributed by atoms with Gasteiger partial charge in [0.2, 0.25) is 11.8 Å². The SMILES string of the molecule is Cc1ccc(N2C(=O)CC(N(CCc3c[nH]c4ccccc34)C(=O)C3CCCCC3)C2=O)cc1. The number of amides is 3. The van der Waals surface area contributed by atoms with E-state index in [0.717, 1.165) is 54.1 Å². The molecule has 176 valence electrons. The summed E-state index contributed by atoms with van der Waals surface area (Å²) in [6.07, 6.45) is 7.61. The molecule has 1 saturated heterocycles. The molecule has 0 radical (unpaired) electrons. The minimum absolute atomic E-state index is 0.0245. The summed E-state index contributed by atoms with van der Waals surface area (Å²) < 4.78 is 0. The van der Waals surface area contributed by atoms with E-state index >= 15 is 0 Å². The van der Waals surface area contributed by atoms with Gasteiger partial charge in [-0.1, -0.05) is 55.2 Å². The highest BCUT2D eigenvalue weighted by atomic mass is 16.2. The summed E-state index contributed by atoms with van der Waals surface area (Å²) in [5.74, 6) is -0.575. The van der Waals surface area contributed by atoms with Gasteiger partial charge in [-0.25, -0.2) is 4.90 Å². The van der Waals surface area contributed by atoms with Crippen molar-refractivity contribution < 1.29 is 14.4 Å². The molecular formula is C28H31N3O3. The molecule has 0 bridgehead atoms. The van der Waals surface area contributed by atoms with E-state index in [9.17, 15) is 14.4 Å². The lowest BCUT2D eigenvalue weighted by Gasteiger charge is -2.32. The van der Waals surface area contributed by atoms with E-state index in [1.54, 1.807) is 17.0 Å². The summed E-state index contributed by atoms with van der Waals surface area (Å²) in [6, 6.07) is 14.7. The Morgan fingerprint density at radius 1 is 1.03 bits per heavy atom. The Morgan fingerprint density at radius 3 is 2.53 bits per heavy atom. The average Bonchev–Trinajstić information content (AvgIpc) is 3.40. The van der Waals surface area contributed by atoms with Crippen LogP contribution in [0.3, 0.4) is 0 Å². The van der Waals surface area contributed by atoms with Gasteiger partial charge in [-0.2, -0.15) is 0 Å². The van der Waals surface area contributed by atoms with Crippen LogP contribution in [0.4, 0.5) is 5.69 Å². The number of imide groups is 1. The van der Waals surface area contributed by atoms with Crippen LogP contribution in [0.2, 0.25) is 0 Å². The molecule has 1 unspecified atom stereocenters. The zero-order valence-corrected chi connectivity index (χ0v) is 19.6. The standard InChI is InChI=1S/C28H31N3O3/c1-19-11-13-22(14-12-19)31-26(32)17-25(28(31)34)30(27(33)20-7-3-2-4-8-20)16-15-21-18-29-24-10-6-5-9-23(21)24/h5-6,9-14,18,20,25,29H,2-4,7-8,15-17H2,1H3. The van der Waals surface area contributed by atoms with E-state index in [1.165, 1.54) is 4.90 Å². The largest absolute Gasteiger partial charge is 0.361 e. The summed E-state index contributed by atoms with van der Waals surface area (Å²) >= 11 is 0. The molecule has 1 atom stereocenters. The third-order valence-electron chi connectivity index (χ3n) is 7.33. The van der Waals surface area contributed by atoms with E-state index in [2.05, 4.69) is 11.1 Å². The fourth-order valence-corrected chi connectivity index (χ4v) is 5.41. The Hall–Kier alpha value is -3.41. The van der Waals surface area contributed by atoms with Crippen LogP contribution in [0.5, 0.6) is 0 Å². The first-order chi connectivity index (χ1) is 16.5. The number of aryl methyl sites for hydroxylation is 1. The van der Waals surface area contributed by atoms with Crippen LogP contribution in [0, 0.1) is 12.8 Å². The van der Waals surface area contributed by atoms with Crippen molar-refractivity contribution in [3.63, 3.8) is 0 Å². The molecule has 34 heavy (non-hydrogen) atoms. The summed E-state index contributed by atoms with van der Waals surface area (Å²) in [5, 5.41) is 1.13. The molecule has 2 aliphatic rings. The van der Waals surface area contributed by atoms with Crippen molar-refractivity contribution in [3.8, 4) is 0 Å². The molecule has 3 aromatic rings. The van der Waals surface area contributed by atoms with E-state index in [0.29, 0.717) is 18.7 Å². The number of aromatic amines is 1. The fraction of sp³-hybridized carbons (Fsp3) is 0.393. The van der Waals surface area contributed by atoms with Crippen LogP contribution in [-0.2, 0) is 20.8 Å². The van der Waals surface area contributed by atoms with Crippen molar-refractivity contribution >= 4 is 34.3 Å². The zero-order valence-electron chi connectivity index (χ0n) is 19.6. The van der Waals surface area contributed by atoms with Crippen LogP contribution in [0.25, 0.3) is 10.9 Å². The number of hydrogen-bond acceptors (Lipinski definition) is 3. The maximum absolute atomic E-state index is 13.7. The first-order valence-corrected chi connectivity index (χ1v) is 12.3. The summed E-state index contributed by atoms with van der Waals surface area (Å²) in [7, 11) is 0. The highest BCUT2D eigenvalue weighted by molar-refractivity contribution is 6.23. The highest BCUT2D eigenvalue weighted by Crippen LogP contribution is 2.31. The number of hydrogen-bond donors (Lipinski definition) is 1. The maximum Gasteiger partial charge on any atom is 0.257 e. The predicted molar refractivity (Wildman–Crippen MR) is 132 cm³/mol. The van der Waals surface area contributed by atoms with Crippen molar-refractivity contribution in [1.82, 2.24) is 9.88 Å². The lowest BCUT2D eigenvalue weighted by Crippen LogP contribution is -2.48. The molecule has 2 aromatic carbocycles. The van der Waals surface area contributed by atoms with Crippen molar-refractivity contribution in [2.45, 2.75) is 57.9 Å². The number of fused-ring (bicyclic) bond motifs is 1. The summed E-state index contributed by atoms with van der Waals surface area (Å²) in [4.78, 5) is 46.4. The molecule has 0 spiro atoms. The fourth-order valence-electron chi connectivity index (χ4n) is 5.41. The Kier molecular flexibility index (Phi) is 6.22. The van der Waals surface area contributed by atoms with Crippen molar-refractivity contribution in [2.24, 2.45) is 5.92 Å². The molecule has 2 heterocycles. The van der Waals surface area contributed by atoms with Gasteiger partial charge in [0.05, 0.1) is 12.1 Å². The summed E-state index contributed by atoms with van der Waals surface area (Å²) in [6.45, 7) is 2.39. The molecule has 1 aliphatic carbocycles. The molecule has 6 nitrogen and oxygen atoms in total. The first kappa shape index (κ1) is 22.4. The number of carbonyl (C=O) groups is 3. The second kappa shape index (κ2) is 9.45. The lowest BCUT2D eigenvalue weighted by atomic mass is 9.87. The quantitative estimate of drug-likeness (QED) is 0.543. The second-order valence-corrected chi connectivity index (χ2v) is 9.60. The van der Waals surface area contributed by atoms with Gasteiger partial charge in [0.1, 0.15) is 6.04 Å². The van der Waals surface area contributed by atoms with Gasteiger partial charge in [0.25, 0.3) is 5.91 Å². The van der Waals surface area contributed by atoms with E-state index in [4.69, 9.17) is 0 Å². The Morgan fingerprint density at radius 2 is 1.76 bits per heavy atom. The van der Waals surface area contributed by atoms with E-state index in [-0.39, 0.29) is 30.1 Å². The number of H-pyrrole nitrogens is 1. The van der Waals surface area contributed by atoms with Crippen molar-refractivity contribution in [2.75, 3.05) is 11.4 Å². The first-order valence-electron chi connectivity index (χ1n) is 12.3. The molecule has 1 aliphatic heterocycles. The Labute approximate surface area is 199 Å². The van der Waals surface area contributed by atoms with Crippen LogP contribution in [0.15, 0.2) is 54.7 Å². The van der Waals surface area contributed by atoms with E-state index in [1.807, 2.05) is 43.5 Å². The molecular weight excluding hydrogens is 426 g/mol. The van der Waals surface area contributed by atoms with Crippen molar-refractivity contribution in [1.29, 1.82) is 0 Å². The second-order valence-electron chi connectivity index (χ2n) is 9.60. The van der Waals surface area contributed by atoms with Gasteiger partial charge in [0.15, 0.2) is 0 Å². The number of rotatable bonds is 6. The smallest absolute Gasteiger partial charge is 0.257 e. The number of benzene rings is 2. The number of aromatic nitrogens is 1. The Bertz CT molecular complexity index is 1210. The monoisotopic (exact) mass is 457 g/mol. The van der Waals surface area contributed by atoms with Gasteiger partial charge in [-0.3, -0.25) is 14.4 Å². The number of nitrogens with one attached hydrogen (secondary N) is 1. The van der Waals surface area contributed by atoms with Crippen LogP contribution < -0.4 is 4.90 Å². The van der Waals surface area contributed by atoms with Crippen LogP contribution in [-0.4, -0.2) is 40.2 Å². The van der Waals surface area contributed by atoms with Gasteiger partial charge >= 0.3 is 0 Å². The third-order valence-corrected chi connectivity index (χ3v) is 7.33. The zero-order chi connectivity index (χ0) is 23.7. The van der Waals surface area contributed by atoms with Gasteiger partial charge < -0.3 is 9.88 Å². The number of para-hydroxylation sites is 1. The maximum atomic E-state index is 13.7. The molecule has 1 N–H and O–H groups in total. The molecule has 1 saturated carbocycles. The average molecular weight is 458 g/mol. The number of carbonyl (C=O) groups excluding carboxylic acids is 3. The van der Waals surface area contributed by atoms with Crippen LogP contribution >= 0.6 is 0 Å². The summed E-state index contributed by atoms with van der Waals surface area (Å²) in [5.41, 5.74) is 3.81. The normalized spacial score (nSPS) is 19.2. The predicted octanol–water partition coefficient (Wildman–Crippen LogP) is 4.76. The molecule has 2 fully saturated rings. The molecule has 5 rings (SSSR count). The number of anilines is 1. The third kappa shape index (κ3) is 4.25. The minimum Gasteiger partial charge on any atom is -0.361 e. The highest BCUT2D eigenvalue weighted by Gasteiger charge is 2.45. The van der Waals surface area contributed by atoms with Gasteiger partial charge in [0, 0.05) is 29.6 Å². The molecule has 3 amide bonds. The Balaban J connectivity index is 1.41. The minimum atomic E-state index is -0.742. The lowest BCUT2D eigenvalue weighted by molar-refractivity contribution is -0.142. The molecule has 1 aromatic heterocycles. The van der Waals surface area contributed by atoms with Crippen LogP contribution in [0.1, 0.15) is 49.7 Å². The van der Waals surface area contributed by atoms with Gasteiger partial charge in [-0.15, -0.1) is 0 Å². The molecule has 6 heteroatoms. The van der Waals surface area contributed by atoms with Crippen molar-refractivity contribution in [3.05, 3.63) is 65.9 Å². The van der Waals surface area contributed by atoms with Gasteiger partial charge in [-0.05, 0) is 49.9 Å².